The van der Waals surface area contributed by atoms with Crippen LogP contribution in [0.2, 0.25) is 0 Å². The zero-order valence-electron chi connectivity index (χ0n) is 13.5. The van der Waals surface area contributed by atoms with Gasteiger partial charge in [-0.25, -0.2) is 17.5 Å². The number of benzene rings is 2. The van der Waals surface area contributed by atoms with Crippen molar-refractivity contribution in [2.75, 3.05) is 18.0 Å². The Morgan fingerprint density at radius 3 is 2.42 bits per heavy atom. The maximum Gasteiger partial charge on any atom is 0.240 e. The van der Waals surface area contributed by atoms with E-state index in [1.807, 2.05) is 6.92 Å². The number of carbonyl (C=O) groups excluding carboxylic acids is 1. The Labute approximate surface area is 141 Å². The molecule has 0 spiro atoms. The molecule has 0 unspecified atom stereocenters. The Balaban J connectivity index is 2.05. The molecule has 1 amide bonds. The maximum absolute atomic E-state index is 13.3. The van der Waals surface area contributed by atoms with Crippen molar-refractivity contribution in [3.05, 3.63) is 59.9 Å². The summed E-state index contributed by atoms with van der Waals surface area (Å²) in [4.78, 5) is 13.2. The quantitative estimate of drug-likeness (QED) is 0.870. The molecule has 5 nitrogen and oxygen atoms in total. The molecule has 2 aromatic rings. The molecule has 0 radical (unpaired) electrons. The van der Waals surface area contributed by atoms with Crippen molar-refractivity contribution < 1.29 is 17.6 Å². The number of carbonyl (C=O) groups is 1. The molecule has 0 atom stereocenters. The highest BCUT2D eigenvalue weighted by molar-refractivity contribution is 7.89. The predicted octanol–water partition coefficient (Wildman–Crippen LogP) is 2.47. The smallest absolute Gasteiger partial charge is 0.240 e. The molecule has 128 valence electrons. The van der Waals surface area contributed by atoms with Crippen LogP contribution in [-0.2, 0) is 14.8 Å². The van der Waals surface area contributed by atoms with Crippen molar-refractivity contribution in [3.8, 4) is 0 Å². The summed E-state index contributed by atoms with van der Waals surface area (Å²) < 4.78 is 40.2. The van der Waals surface area contributed by atoms with Crippen LogP contribution in [-0.4, -0.2) is 27.4 Å². The van der Waals surface area contributed by atoms with Crippen LogP contribution in [0.3, 0.4) is 0 Å². The van der Waals surface area contributed by atoms with Gasteiger partial charge in [0.1, 0.15) is 5.82 Å². The fourth-order valence-corrected chi connectivity index (χ4v) is 3.23. The second-order valence-corrected chi connectivity index (χ2v) is 7.13. The van der Waals surface area contributed by atoms with Crippen LogP contribution < -0.4 is 9.62 Å². The van der Waals surface area contributed by atoms with E-state index >= 15 is 0 Å². The summed E-state index contributed by atoms with van der Waals surface area (Å²) in [6.45, 7) is 3.34. The van der Waals surface area contributed by atoms with E-state index in [0.717, 1.165) is 5.56 Å². The number of hydrogen-bond acceptors (Lipinski definition) is 3. The molecule has 0 aliphatic carbocycles. The Morgan fingerprint density at radius 1 is 1.17 bits per heavy atom. The van der Waals surface area contributed by atoms with Crippen LogP contribution in [0.25, 0.3) is 0 Å². The Morgan fingerprint density at radius 2 is 1.83 bits per heavy atom. The summed E-state index contributed by atoms with van der Waals surface area (Å²) in [5.74, 6) is -0.755. The van der Waals surface area contributed by atoms with E-state index in [9.17, 15) is 17.6 Å². The lowest BCUT2D eigenvalue weighted by molar-refractivity contribution is -0.116. The highest BCUT2D eigenvalue weighted by Crippen LogP contribution is 2.15. The van der Waals surface area contributed by atoms with Gasteiger partial charge in [0.25, 0.3) is 0 Å². The minimum Gasteiger partial charge on any atom is -0.311 e. The van der Waals surface area contributed by atoms with E-state index in [-0.39, 0.29) is 23.9 Å². The van der Waals surface area contributed by atoms with E-state index in [1.165, 1.54) is 42.2 Å². The van der Waals surface area contributed by atoms with Crippen LogP contribution in [0, 0.1) is 12.7 Å². The predicted molar refractivity (Wildman–Crippen MR) is 90.8 cm³/mol. The topological polar surface area (TPSA) is 66.5 Å². The highest BCUT2D eigenvalue weighted by Gasteiger charge is 2.16. The summed E-state index contributed by atoms with van der Waals surface area (Å²) in [5, 5.41) is 0. The fourth-order valence-electron chi connectivity index (χ4n) is 2.20. The van der Waals surface area contributed by atoms with Crippen molar-refractivity contribution in [1.82, 2.24) is 4.72 Å². The molecule has 0 heterocycles. The number of sulfonamides is 1. The third kappa shape index (κ3) is 4.62. The van der Waals surface area contributed by atoms with Crippen LogP contribution in [0.4, 0.5) is 10.1 Å². The molecular formula is C17H19FN2O3S. The second kappa shape index (κ2) is 7.55. The van der Waals surface area contributed by atoms with Crippen LogP contribution in [0.15, 0.2) is 53.4 Å². The van der Waals surface area contributed by atoms with Gasteiger partial charge in [-0.2, -0.15) is 0 Å². The number of anilines is 1. The first-order chi connectivity index (χ1) is 11.3. The van der Waals surface area contributed by atoms with Gasteiger partial charge in [-0.05, 0) is 37.3 Å². The summed E-state index contributed by atoms with van der Waals surface area (Å²) >= 11 is 0. The molecule has 0 aromatic heterocycles. The van der Waals surface area contributed by atoms with Gasteiger partial charge in [-0.3, -0.25) is 4.79 Å². The molecule has 1 N–H and O–H groups in total. The Bertz CT molecular complexity index is 820. The highest BCUT2D eigenvalue weighted by atomic mass is 32.2. The molecule has 7 heteroatoms. The third-order valence-electron chi connectivity index (χ3n) is 3.46. The first-order valence-electron chi connectivity index (χ1n) is 7.39. The lowest BCUT2D eigenvalue weighted by Gasteiger charge is -2.21. The number of nitrogens with zero attached hydrogens (tertiary/aromatic N) is 1. The third-order valence-corrected chi connectivity index (χ3v) is 4.94. The van der Waals surface area contributed by atoms with Crippen LogP contribution >= 0.6 is 0 Å². The van der Waals surface area contributed by atoms with Crippen molar-refractivity contribution in [2.45, 2.75) is 18.7 Å². The van der Waals surface area contributed by atoms with Gasteiger partial charge in [0.05, 0.1) is 4.90 Å². The van der Waals surface area contributed by atoms with Crippen LogP contribution in [0.5, 0.6) is 0 Å². The number of halogens is 1. The largest absolute Gasteiger partial charge is 0.311 e. The van der Waals surface area contributed by atoms with E-state index in [1.54, 1.807) is 18.2 Å². The first-order valence-corrected chi connectivity index (χ1v) is 8.88. The number of rotatable bonds is 6. The van der Waals surface area contributed by atoms with E-state index in [2.05, 4.69) is 4.72 Å². The van der Waals surface area contributed by atoms with Crippen molar-refractivity contribution in [2.24, 2.45) is 0 Å². The summed E-state index contributed by atoms with van der Waals surface area (Å²) in [6, 6.07) is 12.1. The second-order valence-electron chi connectivity index (χ2n) is 5.36. The normalized spacial score (nSPS) is 11.3. The van der Waals surface area contributed by atoms with Gasteiger partial charge in [0, 0.05) is 25.7 Å². The molecule has 0 saturated heterocycles. The molecule has 0 saturated carbocycles. The Hall–Kier alpha value is -2.25. The van der Waals surface area contributed by atoms with E-state index in [4.69, 9.17) is 0 Å². The first kappa shape index (κ1) is 18.1. The van der Waals surface area contributed by atoms with Gasteiger partial charge in [0.2, 0.25) is 15.9 Å². The molecule has 0 fully saturated rings. The summed E-state index contributed by atoms with van der Waals surface area (Å²) in [5.41, 5.74) is 1.35. The van der Waals surface area contributed by atoms with Gasteiger partial charge in [-0.1, -0.05) is 23.8 Å². The molecule has 2 rings (SSSR count). The van der Waals surface area contributed by atoms with Gasteiger partial charge >= 0.3 is 0 Å². The number of aryl methyl sites for hydroxylation is 1. The van der Waals surface area contributed by atoms with E-state index in [0.29, 0.717) is 5.69 Å². The lowest BCUT2D eigenvalue weighted by Crippen LogP contribution is -2.37. The van der Waals surface area contributed by atoms with E-state index < -0.39 is 15.8 Å². The standard InChI is InChI=1S/C17H19FN2O3S/c1-13-6-8-17(9-7-13)24(22,23)19-10-11-20(14(2)21)16-5-3-4-15(18)12-16/h3-9,12,19H,10-11H2,1-2H3. The van der Waals surface area contributed by atoms with Gasteiger partial charge in [-0.15, -0.1) is 0 Å². The average molecular weight is 350 g/mol. The number of nitrogens with one attached hydrogen (secondary N) is 1. The molecule has 2 aromatic carbocycles. The zero-order valence-corrected chi connectivity index (χ0v) is 14.3. The summed E-state index contributed by atoms with van der Waals surface area (Å²) in [6.07, 6.45) is 0. The SMILES string of the molecule is CC(=O)N(CCNS(=O)(=O)c1ccc(C)cc1)c1cccc(F)c1. The van der Waals surface area contributed by atoms with Crippen LogP contribution in [0.1, 0.15) is 12.5 Å². The van der Waals surface area contributed by atoms with Crippen molar-refractivity contribution in [1.29, 1.82) is 0 Å². The average Bonchev–Trinajstić information content (AvgIpc) is 2.51. The molecule has 0 aliphatic rings. The Kier molecular flexibility index (Phi) is 5.69. The van der Waals surface area contributed by atoms with Gasteiger partial charge < -0.3 is 4.90 Å². The summed E-state index contributed by atoms with van der Waals surface area (Å²) in [7, 11) is -3.65. The minimum absolute atomic E-state index is 0.0201. The molecule has 0 aliphatic heterocycles. The number of hydrogen-bond donors (Lipinski definition) is 1. The number of amides is 1. The molecule has 24 heavy (non-hydrogen) atoms. The maximum atomic E-state index is 13.3. The van der Waals surface area contributed by atoms with Crippen molar-refractivity contribution >= 4 is 21.6 Å². The zero-order chi connectivity index (χ0) is 17.7. The molecular weight excluding hydrogens is 331 g/mol. The van der Waals surface area contributed by atoms with Crippen molar-refractivity contribution in [3.63, 3.8) is 0 Å². The lowest BCUT2D eigenvalue weighted by atomic mass is 10.2. The van der Waals surface area contributed by atoms with Gasteiger partial charge in [0.15, 0.2) is 0 Å². The monoisotopic (exact) mass is 350 g/mol. The fraction of sp³-hybridized carbons (Fsp3) is 0.235. The molecule has 0 bridgehead atoms. The minimum atomic E-state index is -3.65.